The number of anilines is 3. The molecule has 5 N–H and O–H groups in total. The van der Waals surface area contributed by atoms with Crippen molar-refractivity contribution in [2.24, 2.45) is 5.92 Å². The maximum Gasteiger partial charge on any atom is 0.409 e. The normalized spacial score (nSPS) is 22.7. The van der Waals surface area contributed by atoms with Gasteiger partial charge in [0.05, 0.1) is 51.8 Å². The summed E-state index contributed by atoms with van der Waals surface area (Å²) in [6.45, 7) is 10.2. The summed E-state index contributed by atoms with van der Waals surface area (Å²) < 4.78 is 29.8. The number of ether oxygens (including phenoxy) is 4. The number of hydrogen-bond acceptors (Lipinski definition) is 19. The van der Waals surface area contributed by atoms with Crippen LogP contribution in [0.1, 0.15) is 94.7 Å². The molecule has 2 aromatic carbocycles. The van der Waals surface area contributed by atoms with Crippen LogP contribution in [0.5, 0.6) is 17.5 Å². The number of nitrogens with one attached hydrogen (secondary N) is 1. The maximum absolute atomic E-state index is 14.2. The molecule has 1 aliphatic carbocycles. The number of β-amino-alcohol motifs (C(OH)–C–C–N with tert-alkyl or cyclic N) is 1. The van der Waals surface area contributed by atoms with Crippen molar-refractivity contribution in [1.82, 2.24) is 40.4 Å². The van der Waals surface area contributed by atoms with Crippen LogP contribution in [0.4, 0.5) is 22.0 Å². The Morgan fingerprint density at radius 1 is 0.863 bits per heavy atom. The van der Waals surface area contributed by atoms with E-state index in [2.05, 4.69) is 46.5 Å². The number of benzene rings is 2. The number of phenolic OH excluding ortho intramolecular Hbond substituents is 1. The number of piperazine rings is 1. The summed E-state index contributed by atoms with van der Waals surface area (Å²) >= 11 is 1.58. The number of nitrogens with zero attached hydrogens (tertiary/aromatic N) is 9. The molecule has 21 nitrogen and oxygen atoms in total. The smallest absolute Gasteiger partial charge is 0.409 e. The highest BCUT2D eigenvalue weighted by atomic mass is 32.1. The molecule has 4 aromatic heterocycles. The van der Waals surface area contributed by atoms with Crippen molar-refractivity contribution in [3.63, 3.8) is 0 Å². The van der Waals surface area contributed by atoms with E-state index in [4.69, 9.17) is 29.2 Å². The number of hydrogen-bond donors (Lipinski definition) is 4. The van der Waals surface area contributed by atoms with E-state index in [1.54, 1.807) is 34.4 Å². The third-order valence-electron chi connectivity index (χ3n) is 16.2. The van der Waals surface area contributed by atoms with Gasteiger partial charge in [0.1, 0.15) is 37.0 Å². The standard InChI is InChI=1S/C58H69N11O10S/c1-33(2)53(57(73)68-31-41(70)24-48(68)56(72)62-34(3)36-9-11-37(12-10-36)54-35(4)61-32-80-54)50-28-52(65-79-50)75-21-22-76-58(74)66-19-16-42(17-20-66)77-43-25-44(26-43)78-51-23-38(15-18-60-51)69-39-13-14-40(69)30-67(29-39)47-27-46(63-64-55(47)59)45-7-5-6-8-49(45)71/h5-12,15,18,23,27-28,32-34,39-44,48,53,70-71H,13-14,16-17,19-22,24-26,29-31H2,1-4H3,(H2,59,64)(H,62,72)/t34-,39?,40?,41+,43?,44?,48-,53-/m0/s1. The lowest BCUT2D eigenvalue weighted by Gasteiger charge is -2.43. The number of para-hydroxylation sites is 1. The lowest BCUT2D eigenvalue weighted by atomic mass is 9.91. The first-order valence-corrected chi connectivity index (χ1v) is 28.6. The fourth-order valence-corrected chi connectivity index (χ4v) is 12.7. The predicted molar refractivity (Wildman–Crippen MR) is 298 cm³/mol. The molecule has 4 aliphatic heterocycles. The largest absolute Gasteiger partial charge is 0.507 e. The zero-order chi connectivity index (χ0) is 55.6. The minimum atomic E-state index is -0.873. The quantitative estimate of drug-likeness (QED) is 0.0616. The van der Waals surface area contributed by atoms with Gasteiger partial charge in [0, 0.05) is 93.7 Å². The number of aromatic hydroxyl groups is 1. The molecule has 5 aliphatic rings. The molecule has 22 heteroatoms. The predicted octanol–water partition coefficient (Wildman–Crippen LogP) is 7.29. The molecule has 2 bridgehead atoms. The molecule has 0 spiro atoms. The number of aromatic nitrogens is 5. The van der Waals surface area contributed by atoms with Crippen LogP contribution in [-0.2, 0) is 19.1 Å². The zero-order valence-electron chi connectivity index (χ0n) is 45.4. The summed E-state index contributed by atoms with van der Waals surface area (Å²) in [4.78, 5) is 58.9. The van der Waals surface area contributed by atoms with E-state index < -0.39 is 24.2 Å². The number of nitrogen functional groups attached to an aromatic ring is 1. The van der Waals surface area contributed by atoms with Crippen molar-refractivity contribution in [3.8, 4) is 39.2 Å². The minimum Gasteiger partial charge on any atom is -0.507 e. The van der Waals surface area contributed by atoms with Gasteiger partial charge in [0.2, 0.25) is 17.7 Å². The second-order valence-corrected chi connectivity index (χ2v) is 22.8. The number of aryl methyl sites for hydroxylation is 1. The summed E-state index contributed by atoms with van der Waals surface area (Å²) in [5.74, 6) is -0.231. The average molecular weight is 1110 g/mol. The van der Waals surface area contributed by atoms with Crippen LogP contribution < -0.4 is 30.3 Å². The van der Waals surface area contributed by atoms with Gasteiger partial charge < -0.3 is 64.3 Å². The van der Waals surface area contributed by atoms with Gasteiger partial charge in [-0.1, -0.05) is 50.2 Å². The Labute approximate surface area is 468 Å². The third kappa shape index (κ3) is 11.8. The molecule has 1 saturated carbocycles. The van der Waals surface area contributed by atoms with Gasteiger partial charge in [-0.05, 0) is 86.0 Å². The van der Waals surface area contributed by atoms with Crippen molar-refractivity contribution in [2.75, 3.05) is 61.5 Å². The average Bonchev–Trinajstić information content (AvgIpc) is 4.30. The summed E-state index contributed by atoms with van der Waals surface area (Å²) in [7, 11) is 0. The number of fused-ring (bicyclic) bond motifs is 2. The van der Waals surface area contributed by atoms with Crippen LogP contribution in [0, 0.1) is 12.8 Å². The Hall–Kier alpha value is -7.56. The molecule has 11 rings (SSSR count). The number of rotatable bonds is 18. The number of nitrogens with two attached hydrogens (primary N) is 1. The second kappa shape index (κ2) is 23.6. The van der Waals surface area contributed by atoms with Crippen molar-refractivity contribution in [3.05, 3.63) is 102 Å². The summed E-state index contributed by atoms with van der Waals surface area (Å²) in [6, 6.07) is 21.9. The van der Waals surface area contributed by atoms with E-state index in [9.17, 15) is 24.6 Å². The van der Waals surface area contributed by atoms with Crippen molar-refractivity contribution in [1.29, 1.82) is 0 Å². The van der Waals surface area contributed by atoms with Gasteiger partial charge in [-0.15, -0.1) is 21.5 Å². The zero-order valence-corrected chi connectivity index (χ0v) is 46.2. The van der Waals surface area contributed by atoms with E-state index in [1.807, 2.05) is 87.9 Å². The van der Waals surface area contributed by atoms with E-state index >= 15 is 0 Å². The summed E-state index contributed by atoms with van der Waals surface area (Å²) in [5.41, 5.74) is 14.2. The van der Waals surface area contributed by atoms with Crippen molar-refractivity contribution < 1.29 is 48.1 Å². The highest BCUT2D eigenvalue weighted by molar-refractivity contribution is 7.13. The number of phenols is 1. The Bertz CT molecular complexity index is 3130. The van der Waals surface area contributed by atoms with E-state index in [-0.39, 0.29) is 97.7 Å². The topological polar surface area (TPSA) is 257 Å². The van der Waals surface area contributed by atoms with Crippen molar-refractivity contribution in [2.45, 2.75) is 127 Å². The molecule has 5 fully saturated rings. The lowest BCUT2D eigenvalue weighted by molar-refractivity contribution is -0.141. The number of amides is 3. The van der Waals surface area contributed by atoms with Crippen LogP contribution in [0.3, 0.4) is 0 Å². The van der Waals surface area contributed by atoms with Crippen LogP contribution in [0.25, 0.3) is 21.7 Å². The van der Waals surface area contributed by atoms with Gasteiger partial charge >= 0.3 is 6.09 Å². The first kappa shape index (κ1) is 54.4. The molecule has 422 valence electrons. The van der Waals surface area contributed by atoms with Crippen LogP contribution in [0.2, 0.25) is 0 Å². The summed E-state index contributed by atoms with van der Waals surface area (Å²) in [6.07, 6.45) is 5.72. The molecular weight excluding hydrogens is 1040 g/mol. The van der Waals surface area contributed by atoms with Gasteiger partial charge in [0.15, 0.2) is 11.6 Å². The van der Waals surface area contributed by atoms with Gasteiger partial charge in [-0.2, -0.15) is 0 Å². The monoisotopic (exact) mass is 1110 g/mol. The highest BCUT2D eigenvalue weighted by Gasteiger charge is 2.45. The van der Waals surface area contributed by atoms with Crippen molar-refractivity contribution >= 4 is 46.4 Å². The molecule has 6 atom stereocenters. The van der Waals surface area contributed by atoms with Crippen LogP contribution in [-0.4, -0.2) is 152 Å². The second-order valence-electron chi connectivity index (χ2n) is 22.0. The number of carbonyl (C=O) groups is 3. The molecule has 8 heterocycles. The Morgan fingerprint density at radius 2 is 1.62 bits per heavy atom. The summed E-state index contributed by atoms with van der Waals surface area (Å²) in [5, 5.41) is 36.8. The highest BCUT2D eigenvalue weighted by Crippen LogP contribution is 2.41. The fourth-order valence-electron chi connectivity index (χ4n) is 11.9. The van der Waals surface area contributed by atoms with E-state index in [1.165, 1.54) is 4.90 Å². The molecule has 80 heavy (non-hydrogen) atoms. The number of carbonyl (C=O) groups excluding carboxylic acids is 3. The van der Waals surface area contributed by atoms with Crippen LogP contribution in [0.15, 0.2) is 89.0 Å². The number of aliphatic hydroxyl groups excluding tert-OH is 1. The number of likely N-dealkylation sites (tertiary alicyclic amines) is 2. The van der Waals surface area contributed by atoms with Gasteiger partial charge in [0.25, 0.3) is 5.88 Å². The molecule has 2 unspecified atom stereocenters. The first-order chi connectivity index (χ1) is 38.7. The molecule has 3 amide bonds. The maximum atomic E-state index is 14.2. The van der Waals surface area contributed by atoms with E-state index in [0.717, 1.165) is 71.8 Å². The fraction of sp³-hybridized carbons (Fsp3) is 0.483. The van der Waals surface area contributed by atoms with Gasteiger partial charge in [-0.3, -0.25) is 9.59 Å². The third-order valence-corrected chi connectivity index (χ3v) is 17.2. The Balaban J connectivity index is 0.587. The lowest BCUT2D eigenvalue weighted by Crippen LogP contribution is -2.54. The number of thiazole rings is 1. The molecule has 0 radical (unpaired) electrons. The Morgan fingerprint density at radius 3 is 2.35 bits per heavy atom. The molecular formula is C58H69N11O10S. The Kier molecular flexibility index (Phi) is 16.1. The molecule has 6 aromatic rings. The van der Waals surface area contributed by atoms with Gasteiger partial charge in [-0.25, -0.2) is 14.8 Å². The SMILES string of the molecule is Cc1ncsc1-c1ccc([C@H](C)NC(=O)[C@@H]2C[C@@H](O)CN2C(=O)[C@H](c2cc(OCCOC(=O)N3CCC(OC4CC(Oc5cc(N6C7CCC6CN(c6cc(-c8ccccc8O)nnc6N)C7)ccn5)C4)CC3)no2)C(C)C)cc1. The van der Waals surface area contributed by atoms with Crippen LogP contribution >= 0.6 is 11.3 Å². The number of piperidine rings is 1. The number of aliphatic hydroxyl groups is 1. The first-order valence-electron chi connectivity index (χ1n) is 27.8. The minimum absolute atomic E-state index is 0.000595. The van der Waals surface area contributed by atoms with E-state index in [0.29, 0.717) is 48.9 Å². The number of pyridine rings is 1. The molecule has 4 saturated heterocycles.